The molecule has 3 rings (SSSR count). The highest BCUT2D eigenvalue weighted by molar-refractivity contribution is 6.31. The lowest BCUT2D eigenvalue weighted by molar-refractivity contribution is -0.119. The molecule has 0 saturated carbocycles. The van der Waals surface area contributed by atoms with Gasteiger partial charge < -0.3 is 14.8 Å². The van der Waals surface area contributed by atoms with Crippen molar-refractivity contribution in [1.82, 2.24) is 9.78 Å². The molecule has 3 aromatic rings. The lowest BCUT2D eigenvalue weighted by Crippen LogP contribution is -2.21. The number of esters is 1. The summed E-state index contributed by atoms with van der Waals surface area (Å²) in [5.74, 6) is -0.495. The summed E-state index contributed by atoms with van der Waals surface area (Å²) in [6.45, 7) is 5.62. The second kappa shape index (κ2) is 9.45. The van der Waals surface area contributed by atoms with Crippen LogP contribution in [0, 0.1) is 13.8 Å². The van der Waals surface area contributed by atoms with Gasteiger partial charge in [0.2, 0.25) is 0 Å². The third-order valence-electron chi connectivity index (χ3n) is 4.35. The molecule has 7 nitrogen and oxygen atoms in total. The van der Waals surface area contributed by atoms with Gasteiger partial charge in [-0.2, -0.15) is 5.10 Å². The van der Waals surface area contributed by atoms with Crippen LogP contribution >= 0.6 is 11.6 Å². The number of amides is 1. The number of carbonyl (C=O) groups is 2. The Labute approximate surface area is 179 Å². The van der Waals surface area contributed by atoms with Gasteiger partial charge in [0.1, 0.15) is 5.75 Å². The van der Waals surface area contributed by atoms with Crippen LogP contribution in [0.3, 0.4) is 0 Å². The van der Waals surface area contributed by atoms with Crippen LogP contribution in [0.25, 0.3) is 5.69 Å². The molecule has 0 saturated heterocycles. The normalized spacial score (nSPS) is 10.5. The Balaban J connectivity index is 1.60. The summed E-state index contributed by atoms with van der Waals surface area (Å²) < 4.78 is 12.3. The van der Waals surface area contributed by atoms with E-state index in [0.29, 0.717) is 28.6 Å². The molecule has 2 aromatic carbocycles. The number of rotatable bonds is 7. The number of nitrogens with one attached hydrogen (secondary N) is 1. The Kier molecular flexibility index (Phi) is 6.74. The van der Waals surface area contributed by atoms with Crippen molar-refractivity contribution < 1.29 is 19.1 Å². The van der Waals surface area contributed by atoms with Crippen molar-refractivity contribution in [3.63, 3.8) is 0 Å². The first-order valence-electron chi connectivity index (χ1n) is 9.41. The quantitative estimate of drug-likeness (QED) is 0.567. The summed E-state index contributed by atoms with van der Waals surface area (Å²) in [6, 6.07) is 13.8. The second-order valence-corrected chi connectivity index (χ2v) is 6.87. The Morgan fingerprint density at radius 3 is 2.43 bits per heavy atom. The van der Waals surface area contributed by atoms with Crippen molar-refractivity contribution in [2.45, 2.75) is 20.8 Å². The van der Waals surface area contributed by atoms with Gasteiger partial charge in [0.15, 0.2) is 6.61 Å². The van der Waals surface area contributed by atoms with Gasteiger partial charge >= 0.3 is 5.97 Å². The Morgan fingerprint density at radius 2 is 1.80 bits per heavy atom. The van der Waals surface area contributed by atoms with E-state index in [-0.39, 0.29) is 0 Å². The predicted molar refractivity (Wildman–Crippen MR) is 115 cm³/mol. The molecule has 0 bridgehead atoms. The zero-order valence-electron chi connectivity index (χ0n) is 16.9. The first kappa shape index (κ1) is 21.4. The number of anilines is 1. The molecule has 1 heterocycles. The van der Waals surface area contributed by atoms with Gasteiger partial charge in [-0.05, 0) is 57.2 Å². The first-order valence-corrected chi connectivity index (χ1v) is 9.79. The van der Waals surface area contributed by atoms with Gasteiger partial charge in [0, 0.05) is 0 Å². The molecule has 1 aromatic heterocycles. The van der Waals surface area contributed by atoms with Crippen LogP contribution in [0.5, 0.6) is 5.75 Å². The van der Waals surface area contributed by atoms with E-state index in [1.165, 1.54) is 0 Å². The summed E-state index contributed by atoms with van der Waals surface area (Å²) >= 11 is 6.18. The molecule has 8 heteroatoms. The maximum absolute atomic E-state index is 12.3. The summed E-state index contributed by atoms with van der Waals surface area (Å²) in [7, 11) is 0. The smallest absolute Gasteiger partial charge is 0.338 e. The van der Waals surface area contributed by atoms with Crippen molar-refractivity contribution in [3.05, 3.63) is 70.5 Å². The summed E-state index contributed by atoms with van der Waals surface area (Å²) in [5, 5.41) is 7.67. The van der Waals surface area contributed by atoms with Crippen LogP contribution in [-0.4, -0.2) is 34.9 Å². The van der Waals surface area contributed by atoms with Crippen molar-refractivity contribution in [2.75, 3.05) is 18.5 Å². The maximum atomic E-state index is 12.3. The number of halogens is 1. The average molecular weight is 428 g/mol. The van der Waals surface area contributed by atoms with E-state index in [4.69, 9.17) is 21.1 Å². The SMILES string of the molecule is CCOc1ccccc1NC(=O)COC(=O)c1ccc(-n2nc(C)c(Cl)c2C)cc1. The molecule has 156 valence electrons. The third kappa shape index (κ3) is 4.80. The lowest BCUT2D eigenvalue weighted by Gasteiger charge is -2.11. The Hall–Kier alpha value is -3.32. The minimum atomic E-state index is -0.596. The number of hydrogen-bond acceptors (Lipinski definition) is 5. The number of aromatic nitrogens is 2. The monoisotopic (exact) mass is 427 g/mol. The van der Waals surface area contributed by atoms with Crippen LogP contribution in [-0.2, 0) is 9.53 Å². The van der Waals surface area contributed by atoms with E-state index in [9.17, 15) is 9.59 Å². The second-order valence-electron chi connectivity index (χ2n) is 6.50. The molecule has 1 N–H and O–H groups in total. The van der Waals surface area contributed by atoms with Gasteiger partial charge in [-0.3, -0.25) is 4.79 Å². The van der Waals surface area contributed by atoms with Crippen LogP contribution in [0.2, 0.25) is 5.02 Å². The molecule has 1 amide bonds. The molecule has 0 aliphatic heterocycles. The van der Waals surface area contributed by atoms with Crippen molar-refractivity contribution in [2.24, 2.45) is 0 Å². The predicted octanol–water partition coefficient (Wildman–Crippen LogP) is 4.34. The van der Waals surface area contributed by atoms with E-state index in [1.807, 2.05) is 26.8 Å². The highest BCUT2D eigenvalue weighted by Crippen LogP contribution is 2.24. The van der Waals surface area contributed by atoms with Gasteiger partial charge in [0.05, 0.1) is 40.0 Å². The lowest BCUT2D eigenvalue weighted by atomic mass is 10.2. The molecular formula is C22H22ClN3O4. The molecule has 0 unspecified atom stereocenters. The molecule has 0 spiro atoms. The number of nitrogens with zero attached hydrogens (tertiary/aromatic N) is 2. The number of ether oxygens (including phenoxy) is 2. The van der Waals surface area contributed by atoms with Crippen molar-refractivity contribution in [3.8, 4) is 11.4 Å². The van der Waals surface area contributed by atoms with Crippen LogP contribution in [0.15, 0.2) is 48.5 Å². The van der Waals surface area contributed by atoms with E-state index >= 15 is 0 Å². The standard InChI is InChI=1S/C22H22ClN3O4/c1-4-29-19-8-6-5-7-18(19)24-20(27)13-30-22(28)16-9-11-17(12-10-16)26-15(3)21(23)14(2)25-26/h5-12H,4,13H2,1-3H3,(H,24,27). The molecular weight excluding hydrogens is 406 g/mol. The van der Waals surface area contributed by atoms with Gasteiger partial charge in [0.25, 0.3) is 5.91 Å². The van der Waals surface area contributed by atoms with Gasteiger partial charge in [-0.1, -0.05) is 23.7 Å². The molecule has 30 heavy (non-hydrogen) atoms. The van der Waals surface area contributed by atoms with Crippen LogP contribution < -0.4 is 10.1 Å². The molecule has 0 fully saturated rings. The fourth-order valence-electron chi connectivity index (χ4n) is 2.87. The van der Waals surface area contributed by atoms with E-state index in [1.54, 1.807) is 47.1 Å². The van der Waals surface area contributed by atoms with Crippen molar-refractivity contribution >= 4 is 29.2 Å². The van der Waals surface area contributed by atoms with Crippen LogP contribution in [0.1, 0.15) is 28.7 Å². The van der Waals surface area contributed by atoms with E-state index < -0.39 is 18.5 Å². The summed E-state index contributed by atoms with van der Waals surface area (Å²) in [4.78, 5) is 24.4. The molecule has 0 aliphatic carbocycles. The fourth-order valence-corrected chi connectivity index (χ4v) is 2.98. The Bertz CT molecular complexity index is 1060. The minimum Gasteiger partial charge on any atom is -0.492 e. The highest BCUT2D eigenvalue weighted by Gasteiger charge is 2.14. The average Bonchev–Trinajstić information content (AvgIpc) is 3.01. The first-order chi connectivity index (χ1) is 14.4. The summed E-state index contributed by atoms with van der Waals surface area (Å²) in [6.07, 6.45) is 0. The fraction of sp³-hybridized carbons (Fsp3) is 0.227. The number of aryl methyl sites for hydroxylation is 1. The zero-order valence-corrected chi connectivity index (χ0v) is 17.7. The topological polar surface area (TPSA) is 82.5 Å². The van der Waals surface area contributed by atoms with Crippen LogP contribution in [0.4, 0.5) is 5.69 Å². The maximum Gasteiger partial charge on any atom is 0.338 e. The zero-order chi connectivity index (χ0) is 21.7. The number of hydrogen-bond donors (Lipinski definition) is 1. The highest BCUT2D eigenvalue weighted by atomic mass is 35.5. The van der Waals surface area contributed by atoms with Gasteiger partial charge in [-0.15, -0.1) is 0 Å². The van der Waals surface area contributed by atoms with Crippen molar-refractivity contribution in [1.29, 1.82) is 0 Å². The third-order valence-corrected chi connectivity index (χ3v) is 4.89. The number of para-hydroxylation sites is 2. The molecule has 0 aliphatic rings. The van der Waals surface area contributed by atoms with E-state index in [0.717, 1.165) is 17.1 Å². The largest absolute Gasteiger partial charge is 0.492 e. The molecule has 0 atom stereocenters. The Morgan fingerprint density at radius 1 is 1.10 bits per heavy atom. The summed E-state index contributed by atoms with van der Waals surface area (Å²) in [5.41, 5.74) is 3.16. The molecule has 0 radical (unpaired) electrons. The minimum absolute atomic E-state index is 0.328. The number of benzene rings is 2. The van der Waals surface area contributed by atoms with Gasteiger partial charge in [-0.25, -0.2) is 9.48 Å². The van der Waals surface area contributed by atoms with E-state index in [2.05, 4.69) is 10.4 Å². The number of carbonyl (C=O) groups excluding carboxylic acids is 2.